The topological polar surface area (TPSA) is 28.2 Å². The minimum absolute atomic E-state index is 0. The number of rotatable bonds is 2. The van der Waals surface area contributed by atoms with Crippen LogP contribution in [0.1, 0.15) is 18.0 Å². The molecule has 1 atom stereocenters. The van der Waals surface area contributed by atoms with Gasteiger partial charge < -0.3 is 5.32 Å². The van der Waals surface area contributed by atoms with E-state index in [0.29, 0.717) is 6.04 Å². The van der Waals surface area contributed by atoms with Crippen molar-refractivity contribution in [3.8, 4) is 0 Å². The first kappa shape index (κ1) is 11.9. The Kier molecular flexibility index (Phi) is 4.81. The van der Waals surface area contributed by atoms with Crippen molar-refractivity contribution in [2.45, 2.75) is 13.0 Å². The van der Waals surface area contributed by atoms with Crippen molar-refractivity contribution in [3.63, 3.8) is 0 Å². The Balaban J connectivity index is 0.000000980. The first-order chi connectivity index (χ1) is 6.38. The van der Waals surface area contributed by atoms with Gasteiger partial charge in [0, 0.05) is 37.8 Å². The third-order valence-corrected chi connectivity index (χ3v) is 3.45. The fourth-order valence-electron chi connectivity index (χ4n) is 1.67. The van der Waals surface area contributed by atoms with Crippen LogP contribution in [-0.4, -0.2) is 36.1 Å². The quantitative estimate of drug-likeness (QED) is 0.840. The van der Waals surface area contributed by atoms with E-state index >= 15 is 0 Å². The molecule has 80 valence electrons. The van der Waals surface area contributed by atoms with E-state index in [0.717, 1.165) is 26.2 Å². The Labute approximate surface area is 94.9 Å². The molecule has 1 saturated heterocycles. The van der Waals surface area contributed by atoms with Crippen LogP contribution in [-0.2, 0) is 0 Å². The molecule has 1 aliphatic heterocycles. The molecule has 1 fully saturated rings. The van der Waals surface area contributed by atoms with Crippen LogP contribution in [0, 0.1) is 0 Å². The van der Waals surface area contributed by atoms with Gasteiger partial charge in [-0.05, 0) is 6.92 Å². The summed E-state index contributed by atoms with van der Waals surface area (Å²) < 4.78 is 0. The molecule has 5 heteroatoms. The van der Waals surface area contributed by atoms with Crippen LogP contribution in [0.2, 0.25) is 0 Å². The van der Waals surface area contributed by atoms with Crippen molar-refractivity contribution >= 4 is 23.7 Å². The van der Waals surface area contributed by atoms with Gasteiger partial charge in [0.25, 0.3) is 0 Å². The second-order valence-corrected chi connectivity index (χ2v) is 4.26. The van der Waals surface area contributed by atoms with Crippen molar-refractivity contribution in [2.75, 3.05) is 26.2 Å². The normalized spacial score (nSPS) is 20.1. The van der Waals surface area contributed by atoms with Crippen LogP contribution in [0.15, 0.2) is 11.6 Å². The van der Waals surface area contributed by atoms with Crippen molar-refractivity contribution in [1.82, 2.24) is 15.2 Å². The second-order valence-electron chi connectivity index (χ2n) is 3.33. The predicted molar refractivity (Wildman–Crippen MR) is 62.2 cm³/mol. The maximum atomic E-state index is 4.35. The van der Waals surface area contributed by atoms with Gasteiger partial charge >= 0.3 is 0 Å². The summed E-state index contributed by atoms with van der Waals surface area (Å²) >= 11 is 1.75. The average molecular weight is 234 g/mol. The van der Waals surface area contributed by atoms with E-state index in [-0.39, 0.29) is 12.4 Å². The fourth-order valence-corrected chi connectivity index (χ4v) is 2.40. The van der Waals surface area contributed by atoms with Crippen molar-refractivity contribution in [2.24, 2.45) is 0 Å². The van der Waals surface area contributed by atoms with Gasteiger partial charge in [-0.1, -0.05) is 0 Å². The Bertz CT molecular complexity index is 247. The number of hydrogen-bond acceptors (Lipinski definition) is 4. The lowest BCUT2D eigenvalue weighted by molar-refractivity contribution is 0.185. The third kappa shape index (κ3) is 2.67. The smallest absolute Gasteiger partial charge is 0.109 e. The van der Waals surface area contributed by atoms with Gasteiger partial charge in [-0.15, -0.1) is 23.7 Å². The highest BCUT2D eigenvalue weighted by Gasteiger charge is 2.19. The van der Waals surface area contributed by atoms with Gasteiger partial charge in [0.2, 0.25) is 0 Å². The maximum Gasteiger partial charge on any atom is 0.109 e. The number of thiazole rings is 1. The lowest BCUT2D eigenvalue weighted by atomic mass is 10.2. The molecule has 0 amide bonds. The number of nitrogens with zero attached hydrogens (tertiary/aromatic N) is 2. The molecule has 2 heterocycles. The van der Waals surface area contributed by atoms with Crippen LogP contribution >= 0.6 is 23.7 Å². The van der Waals surface area contributed by atoms with E-state index in [1.807, 2.05) is 11.6 Å². The summed E-state index contributed by atoms with van der Waals surface area (Å²) in [7, 11) is 0. The third-order valence-electron chi connectivity index (χ3n) is 2.51. The molecule has 1 aliphatic rings. The molecule has 14 heavy (non-hydrogen) atoms. The molecule has 1 N–H and O–H groups in total. The second kappa shape index (κ2) is 5.66. The van der Waals surface area contributed by atoms with Gasteiger partial charge in [0.15, 0.2) is 0 Å². The molecule has 2 rings (SSSR count). The van der Waals surface area contributed by atoms with E-state index in [9.17, 15) is 0 Å². The Morgan fingerprint density at radius 1 is 1.50 bits per heavy atom. The summed E-state index contributed by atoms with van der Waals surface area (Å²) in [4.78, 5) is 6.83. The lowest BCUT2D eigenvalue weighted by Gasteiger charge is -2.31. The molecule has 0 aliphatic carbocycles. The zero-order chi connectivity index (χ0) is 9.10. The molecule has 0 radical (unpaired) electrons. The summed E-state index contributed by atoms with van der Waals surface area (Å²) in [5, 5.41) is 6.64. The molecule has 3 nitrogen and oxygen atoms in total. The summed E-state index contributed by atoms with van der Waals surface area (Å²) in [6, 6.07) is 0.488. The minimum atomic E-state index is 0. The van der Waals surface area contributed by atoms with Gasteiger partial charge in [-0.25, -0.2) is 4.98 Å². The van der Waals surface area contributed by atoms with Crippen LogP contribution in [0.5, 0.6) is 0 Å². The summed E-state index contributed by atoms with van der Waals surface area (Å²) in [5.41, 5.74) is 0. The van der Waals surface area contributed by atoms with Gasteiger partial charge in [-0.2, -0.15) is 0 Å². The average Bonchev–Trinajstić information content (AvgIpc) is 2.71. The highest BCUT2D eigenvalue weighted by Crippen LogP contribution is 2.21. The van der Waals surface area contributed by atoms with Crippen LogP contribution in [0.3, 0.4) is 0 Å². The van der Waals surface area contributed by atoms with E-state index < -0.39 is 0 Å². The number of nitrogens with one attached hydrogen (secondary N) is 1. The Morgan fingerprint density at radius 3 is 2.79 bits per heavy atom. The zero-order valence-electron chi connectivity index (χ0n) is 8.27. The Morgan fingerprint density at radius 2 is 2.21 bits per heavy atom. The molecule has 0 spiro atoms. The summed E-state index contributed by atoms with van der Waals surface area (Å²) in [5.74, 6) is 0. The van der Waals surface area contributed by atoms with Crippen LogP contribution in [0.25, 0.3) is 0 Å². The predicted octanol–water partition coefficient (Wildman–Crippen LogP) is 1.53. The molecule has 0 bridgehead atoms. The largest absolute Gasteiger partial charge is 0.314 e. The summed E-state index contributed by atoms with van der Waals surface area (Å²) in [6.45, 7) is 6.73. The Hall–Kier alpha value is -0.160. The number of halogens is 1. The number of aromatic nitrogens is 1. The van der Waals surface area contributed by atoms with Gasteiger partial charge in [0.05, 0.1) is 6.04 Å². The molecule has 1 unspecified atom stereocenters. The summed E-state index contributed by atoms with van der Waals surface area (Å²) in [6.07, 6.45) is 1.89. The molecular weight excluding hydrogens is 218 g/mol. The molecule has 1 aromatic rings. The molecule has 0 saturated carbocycles. The van der Waals surface area contributed by atoms with Crippen molar-refractivity contribution in [3.05, 3.63) is 16.6 Å². The van der Waals surface area contributed by atoms with E-state index in [2.05, 4.69) is 22.1 Å². The van der Waals surface area contributed by atoms with E-state index in [4.69, 9.17) is 0 Å². The van der Waals surface area contributed by atoms with E-state index in [1.54, 1.807) is 11.3 Å². The first-order valence-corrected chi connectivity index (χ1v) is 5.60. The van der Waals surface area contributed by atoms with Crippen LogP contribution in [0.4, 0.5) is 0 Å². The van der Waals surface area contributed by atoms with Crippen molar-refractivity contribution in [1.29, 1.82) is 0 Å². The highest BCUT2D eigenvalue weighted by molar-refractivity contribution is 7.09. The monoisotopic (exact) mass is 233 g/mol. The lowest BCUT2D eigenvalue weighted by Crippen LogP contribution is -2.44. The van der Waals surface area contributed by atoms with Crippen molar-refractivity contribution < 1.29 is 0 Å². The number of piperazine rings is 1. The van der Waals surface area contributed by atoms with Gasteiger partial charge in [0.1, 0.15) is 5.01 Å². The maximum absolute atomic E-state index is 4.35. The van der Waals surface area contributed by atoms with Gasteiger partial charge in [-0.3, -0.25) is 4.90 Å². The van der Waals surface area contributed by atoms with Crippen LogP contribution < -0.4 is 5.32 Å². The first-order valence-electron chi connectivity index (χ1n) is 4.72. The standard InChI is InChI=1S/C9H15N3S.ClH/c1-8(9-11-4-7-13-9)12-5-2-10-3-6-12;/h4,7-8,10H,2-3,5-6H2,1H3;1H. The zero-order valence-corrected chi connectivity index (χ0v) is 9.90. The van der Waals surface area contributed by atoms with E-state index in [1.165, 1.54) is 5.01 Å². The minimum Gasteiger partial charge on any atom is -0.314 e. The molecular formula is C9H16ClN3S. The fraction of sp³-hybridized carbons (Fsp3) is 0.667. The molecule has 1 aromatic heterocycles. The highest BCUT2D eigenvalue weighted by atomic mass is 35.5. The SMILES string of the molecule is CC(c1nccs1)N1CCNCC1.Cl. The number of hydrogen-bond donors (Lipinski definition) is 1. The molecule has 0 aromatic carbocycles.